The summed E-state index contributed by atoms with van der Waals surface area (Å²) in [5.74, 6) is 0. The summed E-state index contributed by atoms with van der Waals surface area (Å²) in [4.78, 5) is 2.12. The van der Waals surface area contributed by atoms with Crippen molar-refractivity contribution >= 4 is 7.60 Å². The van der Waals surface area contributed by atoms with Crippen LogP contribution in [0.25, 0.3) is 0 Å². The molecule has 2 N–H and O–H groups in total. The maximum Gasteiger partial charge on any atom is 0.356 e. The van der Waals surface area contributed by atoms with Crippen LogP contribution >= 0.6 is 7.60 Å². The van der Waals surface area contributed by atoms with Crippen LogP contribution in [-0.4, -0.2) is 85.3 Å². The third-order valence-electron chi connectivity index (χ3n) is 5.00. The van der Waals surface area contributed by atoms with Crippen molar-refractivity contribution in [3.8, 4) is 0 Å². The van der Waals surface area contributed by atoms with E-state index in [0.29, 0.717) is 6.54 Å². The monoisotopic (exact) mass is 425 g/mol. The van der Waals surface area contributed by atoms with Crippen molar-refractivity contribution in [2.75, 3.05) is 45.9 Å². The molecule has 0 aliphatic carbocycles. The zero-order valence-electron chi connectivity index (χ0n) is 17.9. The smallest absolute Gasteiger partial charge is 0.356 e. The summed E-state index contributed by atoms with van der Waals surface area (Å²) in [7, 11) is -3.35. The molecular weight excluding hydrogens is 385 g/mol. The van der Waals surface area contributed by atoms with Crippen molar-refractivity contribution in [3.05, 3.63) is 0 Å². The number of aliphatic hydroxyl groups excluding tert-OH is 2. The number of hydrogen-bond acceptors (Lipinski definition) is 8. The summed E-state index contributed by atoms with van der Waals surface area (Å²) in [6.07, 6.45) is 1.43. The molecule has 1 saturated heterocycles. The van der Waals surface area contributed by atoms with Crippen LogP contribution in [0, 0.1) is 0 Å². The standard InChI is InChI=1S/C19H40NO7P/c1-5-24-13-11-9-8-10-12-20-14-17(19(22)18(21)16(20)4)25-15-28(23,26-6-2)27-7-3/h16-19,21-22H,5-15H2,1-4H3/t16-,17+,18+,19-/m1/s1. The molecule has 0 radical (unpaired) electrons. The molecule has 0 saturated carbocycles. The normalized spacial score (nSPS) is 26.6. The van der Waals surface area contributed by atoms with E-state index >= 15 is 0 Å². The van der Waals surface area contributed by atoms with E-state index in [1.807, 2.05) is 13.8 Å². The Morgan fingerprint density at radius 2 is 1.61 bits per heavy atom. The Labute approximate surface area is 170 Å². The van der Waals surface area contributed by atoms with Crippen molar-refractivity contribution in [1.29, 1.82) is 0 Å². The lowest BCUT2D eigenvalue weighted by Gasteiger charge is -2.44. The van der Waals surface area contributed by atoms with Gasteiger partial charge in [0.2, 0.25) is 0 Å². The van der Waals surface area contributed by atoms with Crippen molar-refractivity contribution in [2.24, 2.45) is 0 Å². The van der Waals surface area contributed by atoms with Crippen LogP contribution in [0.15, 0.2) is 0 Å². The van der Waals surface area contributed by atoms with Gasteiger partial charge in [-0.15, -0.1) is 0 Å². The van der Waals surface area contributed by atoms with Crippen molar-refractivity contribution in [3.63, 3.8) is 0 Å². The van der Waals surface area contributed by atoms with Gasteiger partial charge in [0.15, 0.2) is 0 Å². The number of unbranched alkanes of at least 4 members (excludes halogenated alkanes) is 3. The quantitative estimate of drug-likeness (QED) is 0.305. The molecule has 1 heterocycles. The summed E-state index contributed by atoms with van der Waals surface area (Å²) in [5, 5.41) is 20.8. The fourth-order valence-electron chi connectivity index (χ4n) is 3.38. The molecule has 1 aliphatic heterocycles. The van der Waals surface area contributed by atoms with Crippen LogP contribution in [0.4, 0.5) is 0 Å². The summed E-state index contributed by atoms with van der Waals surface area (Å²) in [6.45, 7) is 10.7. The van der Waals surface area contributed by atoms with Gasteiger partial charge in [-0.2, -0.15) is 0 Å². The first-order valence-corrected chi connectivity index (χ1v) is 12.3. The van der Waals surface area contributed by atoms with Gasteiger partial charge in [0.05, 0.1) is 25.4 Å². The number of likely N-dealkylation sites (tertiary alicyclic amines) is 1. The zero-order chi connectivity index (χ0) is 21.0. The van der Waals surface area contributed by atoms with Gasteiger partial charge in [-0.3, -0.25) is 9.46 Å². The lowest BCUT2D eigenvalue weighted by atomic mass is 9.94. The minimum Gasteiger partial charge on any atom is -0.389 e. The molecule has 0 bridgehead atoms. The second-order valence-corrected chi connectivity index (χ2v) is 9.10. The minimum absolute atomic E-state index is 0.163. The molecule has 4 atom stereocenters. The van der Waals surface area contributed by atoms with E-state index in [9.17, 15) is 14.8 Å². The molecule has 168 valence electrons. The van der Waals surface area contributed by atoms with Crippen molar-refractivity contribution < 1.29 is 33.3 Å². The second kappa shape index (κ2) is 14.0. The van der Waals surface area contributed by atoms with Crippen LogP contribution in [-0.2, 0) is 23.1 Å². The summed E-state index contributed by atoms with van der Waals surface area (Å²) in [6, 6.07) is -0.163. The van der Waals surface area contributed by atoms with Crippen molar-refractivity contribution in [1.82, 2.24) is 4.90 Å². The van der Waals surface area contributed by atoms with Gasteiger partial charge >= 0.3 is 7.60 Å². The third-order valence-corrected chi connectivity index (χ3v) is 6.77. The Bertz CT molecular complexity index is 444. The lowest BCUT2D eigenvalue weighted by Crippen LogP contribution is -2.61. The van der Waals surface area contributed by atoms with E-state index < -0.39 is 25.9 Å². The predicted octanol–water partition coefficient (Wildman–Crippen LogP) is 2.62. The molecule has 0 spiro atoms. The molecule has 0 aromatic rings. The van der Waals surface area contributed by atoms with Gasteiger partial charge in [-0.05, 0) is 47.1 Å². The Kier molecular flexibility index (Phi) is 13.0. The molecule has 28 heavy (non-hydrogen) atoms. The van der Waals surface area contributed by atoms with E-state index in [-0.39, 0.29) is 25.6 Å². The zero-order valence-corrected chi connectivity index (χ0v) is 18.8. The minimum atomic E-state index is -3.35. The average molecular weight is 426 g/mol. The Balaban J connectivity index is 2.50. The number of nitrogens with zero attached hydrogens (tertiary/aromatic N) is 1. The molecule has 9 heteroatoms. The predicted molar refractivity (Wildman–Crippen MR) is 109 cm³/mol. The Morgan fingerprint density at radius 1 is 0.964 bits per heavy atom. The molecule has 0 aromatic heterocycles. The first-order chi connectivity index (χ1) is 13.4. The maximum atomic E-state index is 12.6. The largest absolute Gasteiger partial charge is 0.389 e. The van der Waals surface area contributed by atoms with Crippen LogP contribution in [0.1, 0.15) is 53.4 Å². The SMILES string of the molecule is CCOCCCCCCN1C[C@H](OCP(=O)(OCC)OCC)[C@@H](O)[C@@H](O)[C@H]1C. The molecule has 1 rings (SSSR count). The number of piperidine rings is 1. The highest BCUT2D eigenvalue weighted by Gasteiger charge is 2.41. The van der Waals surface area contributed by atoms with Gasteiger partial charge in [-0.25, -0.2) is 0 Å². The van der Waals surface area contributed by atoms with E-state index in [4.69, 9.17) is 18.5 Å². The van der Waals surface area contributed by atoms with Gasteiger partial charge in [-0.1, -0.05) is 12.8 Å². The van der Waals surface area contributed by atoms with E-state index in [2.05, 4.69) is 4.90 Å². The van der Waals surface area contributed by atoms with E-state index in [1.165, 1.54) is 0 Å². The number of ether oxygens (including phenoxy) is 2. The highest BCUT2D eigenvalue weighted by molar-refractivity contribution is 7.53. The summed E-state index contributed by atoms with van der Waals surface area (Å²) < 4.78 is 34.1. The molecule has 0 amide bonds. The molecule has 1 aliphatic rings. The van der Waals surface area contributed by atoms with Gasteiger partial charge in [0, 0.05) is 25.8 Å². The Hall–Kier alpha value is -0.0500. The average Bonchev–Trinajstić information content (AvgIpc) is 2.66. The molecule has 0 aromatic carbocycles. The van der Waals surface area contributed by atoms with Gasteiger partial charge < -0.3 is 28.7 Å². The van der Waals surface area contributed by atoms with Crippen molar-refractivity contribution in [2.45, 2.75) is 77.7 Å². The first-order valence-electron chi connectivity index (χ1n) is 10.6. The molecule has 8 nitrogen and oxygen atoms in total. The van der Waals surface area contributed by atoms with Crippen LogP contribution < -0.4 is 0 Å². The van der Waals surface area contributed by atoms with Gasteiger partial charge in [0.1, 0.15) is 12.5 Å². The fraction of sp³-hybridized carbons (Fsp3) is 1.00. The highest BCUT2D eigenvalue weighted by Crippen LogP contribution is 2.48. The number of aliphatic hydroxyl groups is 2. The van der Waals surface area contributed by atoms with Crippen LogP contribution in [0.3, 0.4) is 0 Å². The molecule has 0 unspecified atom stereocenters. The van der Waals surface area contributed by atoms with Crippen LogP contribution in [0.2, 0.25) is 0 Å². The molecular formula is C19H40NO7P. The highest BCUT2D eigenvalue weighted by atomic mass is 31.2. The summed E-state index contributed by atoms with van der Waals surface area (Å²) in [5.41, 5.74) is 0. The summed E-state index contributed by atoms with van der Waals surface area (Å²) >= 11 is 0. The number of hydrogen-bond donors (Lipinski definition) is 2. The Morgan fingerprint density at radius 3 is 2.21 bits per heavy atom. The number of rotatable bonds is 15. The fourth-order valence-corrected chi connectivity index (χ4v) is 4.77. The van der Waals surface area contributed by atoms with E-state index in [1.54, 1.807) is 13.8 Å². The third kappa shape index (κ3) is 8.76. The second-order valence-electron chi connectivity index (χ2n) is 7.11. The lowest BCUT2D eigenvalue weighted by molar-refractivity contribution is -0.148. The first kappa shape index (κ1) is 26.0. The maximum absolute atomic E-state index is 12.6. The molecule has 1 fully saturated rings. The van der Waals surface area contributed by atoms with Crippen LogP contribution in [0.5, 0.6) is 0 Å². The topological polar surface area (TPSA) is 97.7 Å². The van der Waals surface area contributed by atoms with Gasteiger partial charge in [0.25, 0.3) is 0 Å². The van der Waals surface area contributed by atoms with E-state index in [0.717, 1.165) is 45.4 Å².